The Morgan fingerprint density at radius 2 is 2.07 bits per heavy atom. The van der Waals surface area contributed by atoms with Crippen molar-refractivity contribution in [2.75, 3.05) is 57.9 Å². The largest absolute Gasteiger partial charge is 0.383 e. The van der Waals surface area contributed by atoms with Crippen LogP contribution >= 0.6 is 0 Å². The van der Waals surface area contributed by atoms with Gasteiger partial charge in [-0.2, -0.15) is 0 Å². The van der Waals surface area contributed by atoms with Crippen molar-refractivity contribution in [1.82, 2.24) is 20.2 Å². The molecule has 2 aliphatic rings. The number of methoxy groups -OCH3 is 1. The summed E-state index contributed by atoms with van der Waals surface area (Å²) in [4.78, 5) is 13.8. The summed E-state index contributed by atoms with van der Waals surface area (Å²) in [6.07, 6.45) is 5.24. The van der Waals surface area contributed by atoms with Gasteiger partial charge in [0.25, 0.3) is 0 Å². The van der Waals surface area contributed by atoms with Crippen LogP contribution in [-0.4, -0.2) is 73.9 Å². The standard InChI is InChI=1S/C21H30FN5O/c1-28-11-10-26-7-4-16(15-26)13-23-19-5-8-27(9-6-19)21-24-14-17-2-3-18(22)12-20(17)25-21/h2-3,12,14,16,19,23H,4-11,13,15H2,1H3. The van der Waals surface area contributed by atoms with Crippen molar-refractivity contribution < 1.29 is 9.13 Å². The molecule has 2 aromatic rings. The number of nitrogens with zero attached hydrogens (tertiary/aromatic N) is 4. The Balaban J connectivity index is 1.24. The van der Waals surface area contributed by atoms with E-state index in [4.69, 9.17) is 4.74 Å². The lowest BCUT2D eigenvalue weighted by Crippen LogP contribution is -2.44. The van der Waals surface area contributed by atoms with E-state index in [0.29, 0.717) is 17.5 Å². The van der Waals surface area contributed by atoms with Gasteiger partial charge in [0, 0.05) is 57.0 Å². The van der Waals surface area contributed by atoms with Crippen molar-refractivity contribution in [3.05, 3.63) is 30.2 Å². The summed E-state index contributed by atoms with van der Waals surface area (Å²) in [5.41, 5.74) is 0.671. The molecular weight excluding hydrogens is 357 g/mol. The smallest absolute Gasteiger partial charge is 0.225 e. The van der Waals surface area contributed by atoms with Crippen LogP contribution in [0.2, 0.25) is 0 Å². The molecule has 2 saturated heterocycles. The van der Waals surface area contributed by atoms with Gasteiger partial charge in [-0.25, -0.2) is 14.4 Å². The highest BCUT2D eigenvalue weighted by molar-refractivity contribution is 5.78. The zero-order valence-corrected chi connectivity index (χ0v) is 16.6. The van der Waals surface area contributed by atoms with E-state index in [9.17, 15) is 4.39 Å². The Hall–Kier alpha value is -1.83. The van der Waals surface area contributed by atoms with E-state index in [1.54, 1.807) is 19.4 Å². The third kappa shape index (κ3) is 4.77. The van der Waals surface area contributed by atoms with Crippen LogP contribution in [0.25, 0.3) is 10.9 Å². The maximum Gasteiger partial charge on any atom is 0.225 e. The average molecular weight is 388 g/mol. The van der Waals surface area contributed by atoms with Crippen LogP contribution in [0.4, 0.5) is 10.3 Å². The van der Waals surface area contributed by atoms with Gasteiger partial charge in [0.2, 0.25) is 5.95 Å². The van der Waals surface area contributed by atoms with E-state index in [0.717, 1.165) is 56.9 Å². The molecule has 1 N–H and O–H groups in total. The molecule has 0 amide bonds. The van der Waals surface area contributed by atoms with Gasteiger partial charge >= 0.3 is 0 Å². The number of benzene rings is 1. The fourth-order valence-corrected chi connectivity index (χ4v) is 4.26. The summed E-state index contributed by atoms with van der Waals surface area (Å²) in [5.74, 6) is 1.20. The van der Waals surface area contributed by atoms with E-state index < -0.39 is 0 Å². The first-order valence-electron chi connectivity index (χ1n) is 10.3. The zero-order valence-electron chi connectivity index (χ0n) is 16.6. The molecule has 7 heteroatoms. The zero-order chi connectivity index (χ0) is 19.3. The molecule has 0 aliphatic carbocycles. The minimum Gasteiger partial charge on any atom is -0.383 e. The van der Waals surface area contributed by atoms with E-state index in [1.165, 1.54) is 31.6 Å². The molecule has 152 valence electrons. The Bertz CT molecular complexity index is 780. The van der Waals surface area contributed by atoms with Crippen LogP contribution in [0.3, 0.4) is 0 Å². The van der Waals surface area contributed by atoms with Crippen molar-refractivity contribution in [3.63, 3.8) is 0 Å². The lowest BCUT2D eigenvalue weighted by molar-refractivity contribution is 0.158. The van der Waals surface area contributed by atoms with Crippen LogP contribution < -0.4 is 10.2 Å². The number of ether oxygens (including phenoxy) is 1. The summed E-state index contributed by atoms with van der Waals surface area (Å²) in [5, 5.41) is 4.65. The molecule has 3 heterocycles. The van der Waals surface area contributed by atoms with Gasteiger partial charge in [-0.05, 0) is 50.4 Å². The van der Waals surface area contributed by atoms with Crippen LogP contribution in [0, 0.1) is 11.7 Å². The van der Waals surface area contributed by atoms with Crippen molar-refractivity contribution in [2.24, 2.45) is 5.92 Å². The molecule has 1 atom stereocenters. The average Bonchev–Trinajstić information content (AvgIpc) is 3.18. The second-order valence-corrected chi connectivity index (χ2v) is 7.99. The maximum atomic E-state index is 13.5. The van der Waals surface area contributed by atoms with Crippen molar-refractivity contribution in [2.45, 2.75) is 25.3 Å². The number of fused-ring (bicyclic) bond motifs is 1. The van der Waals surface area contributed by atoms with Gasteiger partial charge in [-0.1, -0.05) is 0 Å². The normalized spacial score (nSPS) is 21.6. The van der Waals surface area contributed by atoms with Gasteiger partial charge in [-0.15, -0.1) is 0 Å². The number of hydrogen-bond donors (Lipinski definition) is 1. The predicted molar refractivity (Wildman–Crippen MR) is 109 cm³/mol. The molecule has 28 heavy (non-hydrogen) atoms. The highest BCUT2D eigenvalue weighted by atomic mass is 19.1. The molecule has 0 radical (unpaired) electrons. The number of piperidine rings is 1. The predicted octanol–water partition coefficient (Wildman–Crippen LogP) is 2.30. The molecule has 1 aromatic heterocycles. The molecule has 1 unspecified atom stereocenters. The Labute approximate surface area is 166 Å². The van der Waals surface area contributed by atoms with Gasteiger partial charge in [0.05, 0.1) is 12.1 Å². The lowest BCUT2D eigenvalue weighted by atomic mass is 10.0. The number of rotatable bonds is 7. The number of hydrogen-bond acceptors (Lipinski definition) is 6. The number of nitrogens with one attached hydrogen (secondary N) is 1. The van der Waals surface area contributed by atoms with Crippen LogP contribution in [-0.2, 0) is 4.74 Å². The van der Waals surface area contributed by atoms with E-state index in [1.807, 2.05) is 0 Å². The van der Waals surface area contributed by atoms with Crippen molar-refractivity contribution in [1.29, 1.82) is 0 Å². The van der Waals surface area contributed by atoms with Gasteiger partial charge in [0.1, 0.15) is 5.82 Å². The molecular formula is C21H30FN5O. The first-order chi connectivity index (χ1) is 13.7. The molecule has 0 bridgehead atoms. The second-order valence-electron chi connectivity index (χ2n) is 7.99. The Morgan fingerprint density at radius 3 is 2.89 bits per heavy atom. The third-order valence-corrected chi connectivity index (χ3v) is 5.99. The monoisotopic (exact) mass is 387 g/mol. The molecule has 2 fully saturated rings. The molecule has 4 rings (SSSR count). The SMILES string of the molecule is COCCN1CCC(CNC2CCN(c3ncc4ccc(F)cc4n3)CC2)C1. The molecule has 0 saturated carbocycles. The Kier molecular flexibility index (Phi) is 6.34. The fraction of sp³-hybridized carbons (Fsp3) is 0.619. The summed E-state index contributed by atoms with van der Waals surface area (Å²) in [6, 6.07) is 5.21. The molecule has 1 aromatic carbocycles. The minimum atomic E-state index is -0.257. The number of anilines is 1. The molecule has 6 nitrogen and oxygen atoms in total. The van der Waals surface area contributed by atoms with Crippen molar-refractivity contribution in [3.8, 4) is 0 Å². The summed E-state index contributed by atoms with van der Waals surface area (Å²) in [6.45, 7) is 7.19. The summed E-state index contributed by atoms with van der Waals surface area (Å²) in [7, 11) is 1.77. The third-order valence-electron chi connectivity index (χ3n) is 5.99. The number of likely N-dealkylation sites (tertiary alicyclic amines) is 1. The van der Waals surface area contributed by atoms with Crippen molar-refractivity contribution >= 4 is 16.9 Å². The highest BCUT2D eigenvalue weighted by Crippen LogP contribution is 2.21. The lowest BCUT2D eigenvalue weighted by Gasteiger charge is -2.33. The molecule has 2 aliphatic heterocycles. The van der Waals surface area contributed by atoms with Crippen LogP contribution in [0.5, 0.6) is 0 Å². The topological polar surface area (TPSA) is 53.5 Å². The quantitative estimate of drug-likeness (QED) is 0.787. The Morgan fingerprint density at radius 1 is 1.21 bits per heavy atom. The summed E-state index contributed by atoms with van der Waals surface area (Å²) < 4.78 is 18.6. The highest BCUT2D eigenvalue weighted by Gasteiger charge is 2.25. The summed E-state index contributed by atoms with van der Waals surface area (Å²) >= 11 is 0. The van der Waals surface area contributed by atoms with Crippen LogP contribution in [0.1, 0.15) is 19.3 Å². The number of aromatic nitrogens is 2. The van der Waals surface area contributed by atoms with Crippen LogP contribution in [0.15, 0.2) is 24.4 Å². The fourth-order valence-electron chi connectivity index (χ4n) is 4.26. The number of halogens is 1. The second kappa shape index (κ2) is 9.11. The first-order valence-corrected chi connectivity index (χ1v) is 10.3. The van der Waals surface area contributed by atoms with Gasteiger partial charge in [-0.3, -0.25) is 0 Å². The van der Waals surface area contributed by atoms with E-state index in [-0.39, 0.29) is 5.82 Å². The maximum absolute atomic E-state index is 13.5. The van der Waals surface area contributed by atoms with E-state index >= 15 is 0 Å². The molecule has 0 spiro atoms. The minimum absolute atomic E-state index is 0.257. The van der Waals surface area contributed by atoms with Gasteiger partial charge < -0.3 is 19.9 Å². The first kappa shape index (κ1) is 19.5. The van der Waals surface area contributed by atoms with E-state index in [2.05, 4.69) is 25.1 Å². The van der Waals surface area contributed by atoms with Gasteiger partial charge in [0.15, 0.2) is 0 Å².